The van der Waals surface area contributed by atoms with Gasteiger partial charge in [0, 0.05) is 0 Å². The van der Waals surface area contributed by atoms with Crippen LogP contribution in [0.2, 0.25) is 0 Å². The summed E-state index contributed by atoms with van der Waals surface area (Å²) >= 11 is 0. The number of ether oxygens (including phenoxy) is 1. The smallest absolute Gasteiger partial charge is 0.339 e. The first-order chi connectivity index (χ1) is 8.36. The fourth-order valence-corrected chi connectivity index (χ4v) is 1.75. The van der Waals surface area contributed by atoms with E-state index in [1.807, 2.05) is 0 Å². The lowest BCUT2D eigenvalue weighted by Crippen LogP contribution is -2.13. The average molecular weight is 271 g/mol. The van der Waals surface area contributed by atoms with Gasteiger partial charge in [-0.25, -0.2) is 18.4 Å². The Morgan fingerprint density at radius 1 is 1.50 bits per heavy atom. The second-order valence-corrected chi connectivity index (χ2v) is 4.95. The van der Waals surface area contributed by atoms with Gasteiger partial charge in [-0.05, 0) is 25.1 Å². The molecule has 0 aromatic heterocycles. The summed E-state index contributed by atoms with van der Waals surface area (Å²) in [6.45, 7) is 2.00. The molecular weight excluding hydrogens is 258 g/mol. The Bertz CT molecular complexity index is 577. The van der Waals surface area contributed by atoms with Crippen LogP contribution in [0.15, 0.2) is 35.2 Å². The van der Waals surface area contributed by atoms with Crippen molar-refractivity contribution in [3.63, 3.8) is 0 Å². The Morgan fingerprint density at radius 3 is 2.67 bits per heavy atom. The van der Waals surface area contributed by atoms with Gasteiger partial charge >= 0.3 is 5.97 Å². The van der Waals surface area contributed by atoms with Gasteiger partial charge in [0.25, 0.3) is 0 Å². The molecule has 0 bridgehead atoms. The van der Waals surface area contributed by atoms with Gasteiger partial charge < -0.3 is 9.84 Å². The highest BCUT2D eigenvalue weighted by Crippen LogP contribution is 2.22. The number of carbonyl (C=O) groups is 1. The molecule has 3 N–H and O–H groups in total. The highest BCUT2D eigenvalue weighted by Gasteiger charge is 2.16. The molecule has 0 aliphatic carbocycles. The molecule has 0 saturated carbocycles. The van der Waals surface area contributed by atoms with E-state index in [2.05, 4.69) is 0 Å². The van der Waals surface area contributed by atoms with Crippen molar-refractivity contribution in [2.24, 2.45) is 5.14 Å². The lowest BCUT2D eigenvalue weighted by atomic mass is 10.2. The van der Waals surface area contributed by atoms with E-state index in [9.17, 15) is 13.2 Å². The first kappa shape index (κ1) is 14.2. The van der Waals surface area contributed by atoms with Crippen LogP contribution < -0.4 is 9.88 Å². The van der Waals surface area contributed by atoms with Gasteiger partial charge in [-0.2, -0.15) is 0 Å². The fourth-order valence-electron chi connectivity index (χ4n) is 1.21. The Morgan fingerprint density at radius 2 is 2.17 bits per heavy atom. The lowest BCUT2D eigenvalue weighted by molar-refractivity contribution is 0.0692. The van der Waals surface area contributed by atoms with Crippen molar-refractivity contribution in [3.05, 3.63) is 35.9 Å². The monoisotopic (exact) mass is 271 g/mol. The summed E-state index contributed by atoms with van der Waals surface area (Å²) in [6, 6.07) is 3.45. The van der Waals surface area contributed by atoms with Crippen LogP contribution in [0.25, 0.3) is 0 Å². The summed E-state index contributed by atoms with van der Waals surface area (Å²) in [5.74, 6) is -1.19. The van der Waals surface area contributed by atoms with E-state index < -0.39 is 16.0 Å². The molecule has 1 aromatic carbocycles. The van der Waals surface area contributed by atoms with Crippen LogP contribution in [0.3, 0.4) is 0 Å². The predicted molar refractivity (Wildman–Crippen MR) is 65.1 cm³/mol. The molecule has 1 rings (SSSR count). The van der Waals surface area contributed by atoms with Gasteiger partial charge in [0.05, 0.1) is 4.90 Å². The largest absolute Gasteiger partial charge is 0.489 e. The zero-order chi connectivity index (χ0) is 13.8. The van der Waals surface area contributed by atoms with Gasteiger partial charge in [0.1, 0.15) is 17.9 Å². The van der Waals surface area contributed by atoms with Gasteiger partial charge in [-0.15, -0.1) is 0 Å². The number of aromatic carboxylic acids is 1. The number of benzene rings is 1. The second kappa shape index (κ2) is 5.65. The lowest BCUT2D eigenvalue weighted by Gasteiger charge is -2.08. The molecule has 0 unspecified atom stereocenters. The molecule has 0 spiro atoms. The number of primary sulfonamides is 1. The highest BCUT2D eigenvalue weighted by molar-refractivity contribution is 7.89. The quantitative estimate of drug-likeness (QED) is 0.776. The summed E-state index contributed by atoms with van der Waals surface area (Å²) < 4.78 is 27.4. The average Bonchev–Trinajstić information content (AvgIpc) is 2.28. The molecule has 0 atom stereocenters. The van der Waals surface area contributed by atoms with Crippen LogP contribution in [-0.2, 0) is 10.0 Å². The molecule has 6 nitrogen and oxygen atoms in total. The minimum absolute atomic E-state index is 0.0907. The molecule has 7 heteroatoms. The van der Waals surface area contributed by atoms with Crippen molar-refractivity contribution in [2.75, 3.05) is 6.61 Å². The maximum absolute atomic E-state index is 11.1. The third-order valence-electron chi connectivity index (χ3n) is 2.08. The Balaban J connectivity index is 3.17. The van der Waals surface area contributed by atoms with Crippen molar-refractivity contribution in [2.45, 2.75) is 11.8 Å². The summed E-state index contributed by atoms with van der Waals surface area (Å²) in [5, 5.41) is 13.9. The maximum atomic E-state index is 11.1. The normalized spacial score (nSPS) is 11.7. The molecule has 98 valence electrons. The fraction of sp³-hybridized carbons (Fsp3) is 0.182. The van der Waals surface area contributed by atoms with Gasteiger partial charge in [0.2, 0.25) is 10.0 Å². The summed E-state index contributed by atoms with van der Waals surface area (Å²) in [7, 11) is -3.93. The van der Waals surface area contributed by atoms with Crippen molar-refractivity contribution < 1.29 is 23.1 Å². The molecular formula is C11H13NO5S. The van der Waals surface area contributed by atoms with E-state index >= 15 is 0 Å². The molecule has 0 aliphatic rings. The topological polar surface area (TPSA) is 107 Å². The van der Waals surface area contributed by atoms with E-state index in [1.54, 1.807) is 19.1 Å². The minimum Gasteiger partial charge on any atom is -0.489 e. The van der Waals surface area contributed by atoms with E-state index in [-0.39, 0.29) is 22.8 Å². The Labute approximate surface area is 105 Å². The third kappa shape index (κ3) is 3.57. The second-order valence-electron chi connectivity index (χ2n) is 3.39. The highest BCUT2D eigenvalue weighted by atomic mass is 32.2. The summed E-state index contributed by atoms with van der Waals surface area (Å²) in [6.07, 6.45) is 3.44. The number of sulfonamides is 1. The van der Waals surface area contributed by atoms with E-state index in [4.69, 9.17) is 15.0 Å². The van der Waals surface area contributed by atoms with Crippen molar-refractivity contribution in [1.82, 2.24) is 0 Å². The number of nitrogens with two attached hydrogens (primary N) is 1. The zero-order valence-electron chi connectivity index (χ0n) is 9.66. The van der Waals surface area contributed by atoms with Crippen molar-refractivity contribution in [3.8, 4) is 5.75 Å². The molecule has 0 saturated heterocycles. The molecule has 0 amide bonds. The number of hydrogen-bond donors (Lipinski definition) is 2. The SMILES string of the molecule is CC=CCOc1ccc(S(N)(=O)=O)cc1C(=O)O. The number of rotatable bonds is 5. The molecule has 0 fully saturated rings. The first-order valence-electron chi connectivity index (χ1n) is 5.00. The van der Waals surface area contributed by atoms with Crippen LogP contribution in [-0.4, -0.2) is 26.1 Å². The molecule has 1 aromatic rings. The van der Waals surface area contributed by atoms with E-state index in [0.29, 0.717) is 0 Å². The number of allylic oxidation sites excluding steroid dienone is 1. The summed E-state index contributed by atoms with van der Waals surface area (Å²) in [5.41, 5.74) is -0.244. The van der Waals surface area contributed by atoms with Gasteiger partial charge in [-0.3, -0.25) is 0 Å². The molecule has 0 radical (unpaired) electrons. The number of hydrogen-bond acceptors (Lipinski definition) is 4. The van der Waals surface area contributed by atoms with Crippen LogP contribution in [0, 0.1) is 0 Å². The van der Waals surface area contributed by atoms with E-state index in [0.717, 1.165) is 6.07 Å². The van der Waals surface area contributed by atoms with Crippen LogP contribution >= 0.6 is 0 Å². The first-order valence-corrected chi connectivity index (χ1v) is 6.55. The van der Waals surface area contributed by atoms with Gasteiger partial charge in [0.15, 0.2) is 0 Å². The Kier molecular flexibility index (Phi) is 4.46. The van der Waals surface area contributed by atoms with Gasteiger partial charge in [-0.1, -0.05) is 12.2 Å². The maximum Gasteiger partial charge on any atom is 0.339 e. The molecule has 0 heterocycles. The van der Waals surface area contributed by atoms with Crippen molar-refractivity contribution >= 4 is 16.0 Å². The summed E-state index contributed by atoms with van der Waals surface area (Å²) in [4.78, 5) is 10.7. The molecule has 18 heavy (non-hydrogen) atoms. The zero-order valence-corrected chi connectivity index (χ0v) is 10.5. The predicted octanol–water partition coefficient (Wildman–Crippen LogP) is 0.987. The third-order valence-corrected chi connectivity index (χ3v) is 2.99. The van der Waals surface area contributed by atoms with Crippen molar-refractivity contribution in [1.29, 1.82) is 0 Å². The van der Waals surface area contributed by atoms with E-state index in [1.165, 1.54) is 12.1 Å². The van der Waals surface area contributed by atoms with Crippen LogP contribution in [0.1, 0.15) is 17.3 Å². The minimum atomic E-state index is -3.93. The number of carboxylic acids is 1. The Hall–Kier alpha value is -1.86. The van der Waals surface area contributed by atoms with Crippen LogP contribution in [0.5, 0.6) is 5.75 Å². The molecule has 0 aliphatic heterocycles. The number of carboxylic acid groups (broad SMARTS) is 1. The van der Waals surface area contributed by atoms with Crippen LogP contribution in [0.4, 0.5) is 0 Å². The standard InChI is InChI=1S/C11H13NO5S/c1-2-3-6-17-10-5-4-8(18(12,15)16)7-9(10)11(13)14/h2-5,7H,6H2,1H3,(H,13,14)(H2,12,15,16).